The van der Waals surface area contributed by atoms with Crippen molar-refractivity contribution < 1.29 is 28.2 Å². The van der Waals surface area contributed by atoms with E-state index in [4.69, 9.17) is 9.47 Å². The van der Waals surface area contributed by atoms with Crippen molar-refractivity contribution in [3.05, 3.63) is 68.8 Å². The van der Waals surface area contributed by atoms with Crippen LogP contribution in [0, 0.1) is 5.82 Å². The number of amides is 3. The quantitative estimate of drug-likeness (QED) is 0.520. The lowest BCUT2D eigenvalue weighted by Gasteiger charge is -2.28. The molecule has 33 heavy (non-hydrogen) atoms. The molecule has 2 heterocycles. The first-order valence-corrected chi connectivity index (χ1v) is 11.8. The van der Waals surface area contributed by atoms with Gasteiger partial charge in [0.25, 0.3) is 11.1 Å². The summed E-state index contributed by atoms with van der Waals surface area (Å²) in [5.74, 6) is -0.480. The van der Waals surface area contributed by atoms with Crippen LogP contribution in [0.3, 0.4) is 0 Å². The van der Waals surface area contributed by atoms with Crippen molar-refractivity contribution in [3.8, 4) is 5.75 Å². The second kappa shape index (κ2) is 10.5. The van der Waals surface area contributed by atoms with Crippen LogP contribution in [0.5, 0.6) is 5.75 Å². The number of benzene rings is 2. The maximum Gasteiger partial charge on any atom is 0.294 e. The number of hydrogen-bond donors (Lipinski definition) is 0. The number of carbonyl (C=O) groups is 3. The minimum absolute atomic E-state index is 0.252. The predicted octanol–water partition coefficient (Wildman–Crippen LogP) is 4.06. The van der Waals surface area contributed by atoms with Gasteiger partial charge in [0, 0.05) is 13.1 Å². The van der Waals surface area contributed by atoms with Gasteiger partial charge in [-0.2, -0.15) is 0 Å². The van der Waals surface area contributed by atoms with Crippen molar-refractivity contribution in [1.29, 1.82) is 0 Å². The molecular weight excluding hydrogens is 515 g/mol. The van der Waals surface area contributed by atoms with Crippen molar-refractivity contribution in [3.63, 3.8) is 0 Å². The summed E-state index contributed by atoms with van der Waals surface area (Å²) in [5, 5.41) is -0.467. The zero-order chi connectivity index (χ0) is 23.4. The lowest BCUT2D eigenvalue weighted by Crippen LogP contribution is -2.46. The minimum Gasteiger partial charge on any atom is -0.488 e. The smallest absolute Gasteiger partial charge is 0.294 e. The normalized spacial score (nSPS) is 17.7. The van der Waals surface area contributed by atoms with Gasteiger partial charge in [0.15, 0.2) is 0 Å². The van der Waals surface area contributed by atoms with Crippen LogP contribution in [0.1, 0.15) is 11.1 Å². The summed E-state index contributed by atoms with van der Waals surface area (Å²) in [6.45, 7) is 1.80. The fraction of sp³-hybridized carbons (Fsp3) is 0.261. The van der Waals surface area contributed by atoms with Crippen molar-refractivity contribution in [2.24, 2.45) is 0 Å². The highest BCUT2D eigenvalue weighted by atomic mass is 79.9. The summed E-state index contributed by atoms with van der Waals surface area (Å²) < 4.78 is 24.7. The molecule has 0 atom stereocenters. The van der Waals surface area contributed by atoms with E-state index in [1.54, 1.807) is 41.3 Å². The first-order chi connectivity index (χ1) is 15.9. The van der Waals surface area contributed by atoms with E-state index in [-0.39, 0.29) is 29.8 Å². The maximum absolute atomic E-state index is 13.0. The molecule has 0 aliphatic carbocycles. The molecule has 0 unspecified atom stereocenters. The van der Waals surface area contributed by atoms with Crippen LogP contribution in [-0.2, 0) is 20.9 Å². The van der Waals surface area contributed by atoms with Crippen molar-refractivity contribution in [1.82, 2.24) is 9.80 Å². The standard InChI is InChI=1S/C23H20BrFN2O5S/c24-18-11-16(3-6-19(18)32-14-15-1-4-17(25)5-2-15)12-20-22(29)27(23(30)33-20)13-21(28)26-7-9-31-10-8-26/h1-6,11-12H,7-10,13-14H2/b20-12+. The predicted molar refractivity (Wildman–Crippen MR) is 125 cm³/mol. The number of nitrogens with zero attached hydrogens (tertiary/aromatic N) is 2. The minimum atomic E-state index is -0.487. The third kappa shape index (κ3) is 5.82. The van der Waals surface area contributed by atoms with Crippen LogP contribution in [0.2, 0.25) is 0 Å². The Bertz CT molecular complexity index is 1100. The van der Waals surface area contributed by atoms with Crippen molar-refractivity contribution in [2.75, 3.05) is 32.8 Å². The van der Waals surface area contributed by atoms with Gasteiger partial charge >= 0.3 is 0 Å². The average Bonchev–Trinajstić information content (AvgIpc) is 3.07. The Morgan fingerprint density at radius 3 is 2.58 bits per heavy atom. The number of morpholine rings is 1. The van der Waals surface area contributed by atoms with Crippen LogP contribution in [0.25, 0.3) is 6.08 Å². The van der Waals surface area contributed by atoms with Crippen LogP contribution in [0.4, 0.5) is 9.18 Å². The third-order valence-electron chi connectivity index (χ3n) is 5.09. The molecule has 4 rings (SSSR count). The molecule has 7 nitrogen and oxygen atoms in total. The lowest BCUT2D eigenvalue weighted by molar-refractivity contribution is -0.139. The van der Waals surface area contributed by atoms with Crippen molar-refractivity contribution >= 4 is 50.8 Å². The molecule has 2 saturated heterocycles. The molecule has 10 heteroatoms. The van der Waals surface area contributed by atoms with Crippen LogP contribution < -0.4 is 4.74 Å². The first-order valence-electron chi connectivity index (χ1n) is 10.2. The molecule has 0 aromatic heterocycles. The van der Waals surface area contributed by atoms with E-state index in [9.17, 15) is 18.8 Å². The summed E-state index contributed by atoms with van der Waals surface area (Å²) in [5.41, 5.74) is 1.52. The number of carbonyl (C=O) groups excluding carboxylic acids is 3. The van der Waals surface area contributed by atoms with E-state index >= 15 is 0 Å². The number of thioether (sulfide) groups is 1. The SMILES string of the molecule is O=C(CN1C(=O)S/C(=C/c2ccc(OCc3ccc(F)cc3)c(Br)c2)C1=O)N1CCOCC1. The van der Waals surface area contributed by atoms with Gasteiger partial charge in [-0.3, -0.25) is 19.3 Å². The molecule has 2 aliphatic rings. The van der Waals surface area contributed by atoms with Gasteiger partial charge in [-0.25, -0.2) is 4.39 Å². The van der Waals surface area contributed by atoms with Gasteiger partial charge in [-0.15, -0.1) is 0 Å². The van der Waals surface area contributed by atoms with E-state index in [1.165, 1.54) is 12.1 Å². The highest BCUT2D eigenvalue weighted by Gasteiger charge is 2.37. The Hall–Kier alpha value is -2.69. The highest BCUT2D eigenvalue weighted by molar-refractivity contribution is 9.10. The van der Waals surface area contributed by atoms with Crippen molar-refractivity contribution in [2.45, 2.75) is 6.61 Å². The van der Waals surface area contributed by atoms with Crippen LogP contribution >= 0.6 is 27.7 Å². The van der Waals surface area contributed by atoms with Crippen LogP contribution in [-0.4, -0.2) is 59.7 Å². The molecule has 0 N–H and O–H groups in total. The topological polar surface area (TPSA) is 76.2 Å². The van der Waals surface area contributed by atoms with Gasteiger partial charge in [0.1, 0.15) is 24.7 Å². The molecule has 0 saturated carbocycles. The van der Waals surface area contributed by atoms with Gasteiger partial charge in [0.05, 0.1) is 22.6 Å². The van der Waals surface area contributed by atoms with Gasteiger partial charge < -0.3 is 14.4 Å². The fourth-order valence-electron chi connectivity index (χ4n) is 3.30. The second-order valence-electron chi connectivity index (χ2n) is 7.37. The fourth-order valence-corrected chi connectivity index (χ4v) is 4.65. The van der Waals surface area contributed by atoms with E-state index in [0.29, 0.717) is 42.1 Å². The Labute approximate surface area is 202 Å². The third-order valence-corrected chi connectivity index (χ3v) is 6.62. The number of hydrogen-bond acceptors (Lipinski definition) is 6. The summed E-state index contributed by atoms with van der Waals surface area (Å²) in [6.07, 6.45) is 1.61. The monoisotopic (exact) mass is 534 g/mol. The maximum atomic E-state index is 13.0. The average molecular weight is 535 g/mol. The molecule has 0 bridgehead atoms. The largest absolute Gasteiger partial charge is 0.488 e. The number of imide groups is 1. The molecular formula is C23H20BrFN2O5S. The van der Waals surface area contributed by atoms with E-state index in [0.717, 1.165) is 22.2 Å². The summed E-state index contributed by atoms with van der Waals surface area (Å²) in [4.78, 5) is 40.3. The zero-order valence-electron chi connectivity index (χ0n) is 17.5. The molecule has 0 spiro atoms. The molecule has 172 valence electrons. The molecule has 2 aromatic rings. The Kier molecular flexibility index (Phi) is 7.46. The highest BCUT2D eigenvalue weighted by Crippen LogP contribution is 2.34. The van der Waals surface area contributed by atoms with Gasteiger partial charge in [0.2, 0.25) is 5.91 Å². The second-order valence-corrected chi connectivity index (χ2v) is 9.21. The molecule has 3 amide bonds. The number of rotatable bonds is 6. The van der Waals surface area contributed by atoms with Crippen LogP contribution in [0.15, 0.2) is 51.8 Å². The van der Waals surface area contributed by atoms with Gasteiger partial charge in [-0.1, -0.05) is 18.2 Å². The van der Waals surface area contributed by atoms with E-state index in [1.807, 2.05) is 0 Å². The van der Waals surface area contributed by atoms with Gasteiger partial charge in [-0.05, 0) is 69.2 Å². The Morgan fingerprint density at radius 1 is 1.15 bits per heavy atom. The molecule has 2 aromatic carbocycles. The van der Waals surface area contributed by atoms with E-state index in [2.05, 4.69) is 15.9 Å². The first kappa shape index (κ1) is 23.5. The summed E-state index contributed by atoms with van der Waals surface area (Å²) in [7, 11) is 0. The summed E-state index contributed by atoms with van der Waals surface area (Å²) >= 11 is 4.26. The molecule has 0 radical (unpaired) electrons. The molecule has 2 fully saturated rings. The summed E-state index contributed by atoms with van der Waals surface area (Å²) in [6, 6.07) is 11.3. The Morgan fingerprint density at radius 2 is 1.88 bits per heavy atom. The zero-order valence-corrected chi connectivity index (χ0v) is 19.9. The number of halogens is 2. The van der Waals surface area contributed by atoms with E-state index < -0.39 is 11.1 Å². The lowest BCUT2D eigenvalue weighted by atomic mass is 10.2. The number of ether oxygens (including phenoxy) is 2. The Balaban J connectivity index is 1.40. The molecule has 2 aliphatic heterocycles.